The van der Waals surface area contributed by atoms with Crippen LogP contribution in [0.2, 0.25) is 0 Å². The Morgan fingerprint density at radius 1 is 1.35 bits per heavy atom. The number of hydrogen-bond donors (Lipinski definition) is 1. The van der Waals surface area contributed by atoms with Crippen molar-refractivity contribution in [3.05, 3.63) is 27.7 Å². The molecule has 0 saturated heterocycles. The van der Waals surface area contributed by atoms with E-state index in [1.54, 1.807) is 25.3 Å². The molecule has 1 N–H and O–H groups in total. The molecule has 92 valence electrons. The molecule has 1 aromatic rings. The number of rotatable bonds is 4. The summed E-state index contributed by atoms with van der Waals surface area (Å²) >= 11 is 3.34. The molecule has 0 unspecified atom stereocenters. The van der Waals surface area contributed by atoms with E-state index in [0.717, 1.165) is 5.56 Å². The fourth-order valence-corrected chi connectivity index (χ4v) is 1.95. The van der Waals surface area contributed by atoms with Crippen LogP contribution in [-0.4, -0.2) is 25.3 Å². The van der Waals surface area contributed by atoms with Crippen LogP contribution in [0.4, 0.5) is 0 Å². The number of hydrogen-bond acceptors (Lipinski definition) is 3. The summed E-state index contributed by atoms with van der Waals surface area (Å²) in [7, 11) is 3.07. The maximum atomic E-state index is 10.7. The lowest BCUT2D eigenvalue weighted by Gasteiger charge is -2.10. The summed E-state index contributed by atoms with van der Waals surface area (Å²) in [5.41, 5.74) is 0.985. The number of ether oxygens (including phenoxy) is 2. The molecule has 0 heterocycles. The van der Waals surface area contributed by atoms with Crippen LogP contribution < -0.4 is 9.47 Å². The second-order valence-corrected chi connectivity index (χ2v) is 4.23. The first kappa shape index (κ1) is 13.6. The predicted octanol–water partition coefficient (Wildman–Crippen LogP) is 2.95. The Balaban J connectivity index is 3.25. The average Bonchev–Trinajstić information content (AvgIpc) is 2.27. The summed E-state index contributed by atoms with van der Waals surface area (Å²) in [5, 5.41) is 8.80. The van der Waals surface area contributed by atoms with Crippen molar-refractivity contribution in [3.8, 4) is 11.5 Å². The molecule has 0 bridgehead atoms. The lowest BCUT2D eigenvalue weighted by atomic mass is 10.1. The molecule has 0 radical (unpaired) electrons. The Morgan fingerprint density at radius 2 is 2.00 bits per heavy atom. The molecule has 17 heavy (non-hydrogen) atoms. The fourth-order valence-electron chi connectivity index (χ4n) is 1.33. The molecule has 0 aliphatic heterocycles. The maximum Gasteiger partial charge on any atom is 0.331 e. The quantitative estimate of drug-likeness (QED) is 0.869. The Kier molecular flexibility index (Phi) is 4.57. The molecule has 0 fully saturated rings. The lowest BCUT2D eigenvalue weighted by molar-refractivity contribution is -0.132. The van der Waals surface area contributed by atoms with Gasteiger partial charge in [0.05, 0.1) is 18.7 Å². The Morgan fingerprint density at radius 3 is 2.47 bits per heavy atom. The number of methoxy groups -OCH3 is 2. The maximum absolute atomic E-state index is 10.7. The topological polar surface area (TPSA) is 55.8 Å². The second kappa shape index (κ2) is 5.72. The van der Waals surface area contributed by atoms with Gasteiger partial charge in [0.15, 0.2) is 11.5 Å². The van der Waals surface area contributed by atoms with Gasteiger partial charge >= 0.3 is 5.97 Å². The highest BCUT2D eigenvalue weighted by atomic mass is 79.9. The van der Waals surface area contributed by atoms with E-state index in [1.807, 2.05) is 0 Å². The normalized spacial score (nSPS) is 11.2. The monoisotopic (exact) mass is 300 g/mol. The van der Waals surface area contributed by atoms with Crippen LogP contribution >= 0.6 is 15.9 Å². The molecule has 0 amide bonds. The van der Waals surface area contributed by atoms with Gasteiger partial charge in [0.1, 0.15) is 0 Å². The highest BCUT2D eigenvalue weighted by molar-refractivity contribution is 9.10. The summed E-state index contributed by atoms with van der Waals surface area (Å²) < 4.78 is 11.0. The average molecular weight is 301 g/mol. The van der Waals surface area contributed by atoms with Crippen molar-refractivity contribution in [1.82, 2.24) is 0 Å². The van der Waals surface area contributed by atoms with Gasteiger partial charge in [0.25, 0.3) is 0 Å². The fraction of sp³-hybridized carbons (Fsp3) is 0.250. The van der Waals surface area contributed by atoms with E-state index in [0.29, 0.717) is 16.0 Å². The van der Waals surface area contributed by atoms with Gasteiger partial charge in [-0.3, -0.25) is 0 Å². The molecule has 0 aliphatic carbocycles. The highest BCUT2D eigenvalue weighted by Gasteiger charge is 2.10. The number of carboxylic acid groups (broad SMARTS) is 1. The number of benzene rings is 1. The van der Waals surface area contributed by atoms with E-state index < -0.39 is 5.97 Å². The van der Waals surface area contributed by atoms with Crippen LogP contribution in [-0.2, 0) is 4.79 Å². The van der Waals surface area contributed by atoms with E-state index in [9.17, 15) is 4.79 Å². The van der Waals surface area contributed by atoms with E-state index in [2.05, 4.69) is 15.9 Å². The van der Waals surface area contributed by atoms with Gasteiger partial charge in [-0.2, -0.15) is 0 Å². The van der Waals surface area contributed by atoms with E-state index >= 15 is 0 Å². The van der Waals surface area contributed by atoms with Crippen LogP contribution in [0.15, 0.2) is 22.2 Å². The molecule has 0 aromatic heterocycles. The Bertz CT molecular complexity index is 466. The summed E-state index contributed by atoms with van der Waals surface area (Å²) in [6.45, 7) is 1.53. The zero-order valence-electron chi connectivity index (χ0n) is 9.78. The molecule has 4 nitrogen and oxygen atoms in total. The third kappa shape index (κ3) is 3.23. The van der Waals surface area contributed by atoms with Crippen molar-refractivity contribution in [2.45, 2.75) is 6.92 Å². The number of aliphatic carboxylic acids is 1. The molecule has 1 aromatic carbocycles. The molecule has 0 spiro atoms. The molecular weight excluding hydrogens is 288 g/mol. The van der Waals surface area contributed by atoms with Gasteiger partial charge in [-0.05, 0) is 46.6 Å². The first-order chi connectivity index (χ1) is 7.99. The van der Waals surface area contributed by atoms with Gasteiger partial charge in [0.2, 0.25) is 0 Å². The lowest BCUT2D eigenvalue weighted by Crippen LogP contribution is -1.96. The van der Waals surface area contributed by atoms with Crippen LogP contribution in [0.1, 0.15) is 12.5 Å². The van der Waals surface area contributed by atoms with Gasteiger partial charge < -0.3 is 14.6 Å². The number of carboxylic acids is 1. The Labute approximate surface area is 108 Å². The minimum absolute atomic E-state index is 0.254. The minimum atomic E-state index is -0.948. The van der Waals surface area contributed by atoms with Crippen molar-refractivity contribution in [2.75, 3.05) is 14.2 Å². The van der Waals surface area contributed by atoms with Gasteiger partial charge in [-0.25, -0.2) is 4.79 Å². The molecule has 0 saturated carbocycles. The van der Waals surface area contributed by atoms with E-state index in [-0.39, 0.29) is 5.57 Å². The third-order valence-corrected chi connectivity index (χ3v) is 2.77. The largest absolute Gasteiger partial charge is 0.493 e. The zero-order chi connectivity index (χ0) is 13.0. The van der Waals surface area contributed by atoms with Crippen LogP contribution in [0.25, 0.3) is 6.08 Å². The van der Waals surface area contributed by atoms with Crippen LogP contribution in [0.5, 0.6) is 11.5 Å². The molecule has 5 heteroatoms. The van der Waals surface area contributed by atoms with Gasteiger partial charge in [0, 0.05) is 5.57 Å². The second-order valence-electron chi connectivity index (χ2n) is 3.37. The highest BCUT2D eigenvalue weighted by Crippen LogP contribution is 2.36. The molecule has 0 atom stereocenters. The van der Waals surface area contributed by atoms with Gasteiger partial charge in [-0.15, -0.1) is 0 Å². The summed E-state index contributed by atoms with van der Waals surface area (Å²) in [4.78, 5) is 10.7. The SMILES string of the molecule is COc1cc(/C=C(\C)C(=O)O)cc(Br)c1OC. The Hall–Kier alpha value is -1.49. The van der Waals surface area contributed by atoms with Gasteiger partial charge in [-0.1, -0.05) is 0 Å². The summed E-state index contributed by atoms with van der Waals surface area (Å²) in [5.74, 6) is 0.180. The first-order valence-electron chi connectivity index (χ1n) is 4.82. The van der Waals surface area contributed by atoms with Crippen molar-refractivity contribution < 1.29 is 19.4 Å². The standard InChI is InChI=1S/C12H13BrO4/c1-7(12(14)15)4-8-5-9(13)11(17-3)10(6-8)16-2/h4-6H,1-3H3,(H,14,15)/b7-4+. The van der Waals surface area contributed by atoms with E-state index in [1.165, 1.54) is 14.0 Å². The molecular formula is C12H13BrO4. The molecule has 1 rings (SSSR count). The van der Waals surface area contributed by atoms with Crippen LogP contribution in [0.3, 0.4) is 0 Å². The van der Waals surface area contributed by atoms with E-state index in [4.69, 9.17) is 14.6 Å². The van der Waals surface area contributed by atoms with Crippen molar-refractivity contribution in [1.29, 1.82) is 0 Å². The van der Waals surface area contributed by atoms with Crippen molar-refractivity contribution >= 4 is 28.0 Å². The first-order valence-corrected chi connectivity index (χ1v) is 5.62. The summed E-state index contributed by atoms with van der Waals surface area (Å²) in [6.07, 6.45) is 1.56. The number of carbonyl (C=O) groups is 1. The molecule has 0 aliphatic rings. The number of halogens is 1. The summed E-state index contributed by atoms with van der Waals surface area (Å²) in [6, 6.07) is 3.49. The van der Waals surface area contributed by atoms with Crippen molar-refractivity contribution in [3.63, 3.8) is 0 Å². The smallest absolute Gasteiger partial charge is 0.331 e. The van der Waals surface area contributed by atoms with Crippen molar-refractivity contribution in [2.24, 2.45) is 0 Å². The predicted molar refractivity (Wildman–Crippen MR) is 68.5 cm³/mol. The zero-order valence-corrected chi connectivity index (χ0v) is 11.4. The third-order valence-electron chi connectivity index (χ3n) is 2.18. The van der Waals surface area contributed by atoms with Crippen LogP contribution in [0, 0.1) is 0 Å². The minimum Gasteiger partial charge on any atom is -0.493 e.